The third-order valence-electron chi connectivity index (χ3n) is 4.31. The van der Waals surface area contributed by atoms with Gasteiger partial charge < -0.3 is 10.1 Å². The topological polar surface area (TPSA) is 21.3 Å². The summed E-state index contributed by atoms with van der Waals surface area (Å²) < 4.78 is 20.3. The van der Waals surface area contributed by atoms with Crippen LogP contribution in [0.4, 0.5) is 4.39 Å². The average Bonchev–Trinajstić information content (AvgIpc) is 2.50. The van der Waals surface area contributed by atoms with E-state index in [0.29, 0.717) is 0 Å². The highest BCUT2D eigenvalue weighted by molar-refractivity contribution is 9.10. The van der Waals surface area contributed by atoms with E-state index in [1.165, 1.54) is 6.07 Å². The normalized spacial score (nSPS) is 13.4. The minimum Gasteiger partial charge on any atom is -0.377 e. The maximum absolute atomic E-state index is 13.5. The Morgan fingerprint density at radius 1 is 1.29 bits per heavy atom. The Bertz CT molecular complexity index is 427. The molecular formula is C17H27BrFNO. The van der Waals surface area contributed by atoms with E-state index in [2.05, 4.69) is 42.0 Å². The summed E-state index contributed by atoms with van der Waals surface area (Å²) in [5.74, 6) is -0.196. The van der Waals surface area contributed by atoms with Gasteiger partial charge in [-0.25, -0.2) is 4.39 Å². The molecule has 1 atom stereocenters. The Hall–Kier alpha value is -0.450. The minimum atomic E-state index is -0.221. The molecule has 0 aliphatic rings. The van der Waals surface area contributed by atoms with Gasteiger partial charge in [-0.2, -0.15) is 0 Å². The number of nitrogens with one attached hydrogen (secondary N) is 1. The van der Waals surface area contributed by atoms with Crippen LogP contribution in [0, 0.1) is 5.82 Å². The average molecular weight is 360 g/mol. The molecule has 120 valence electrons. The van der Waals surface area contributed by atoms with Crippen molar-refractivity contribution in [2.45, 2.75) is 58.1 Å². The Balaban J connectivity index is 3.04. The van der Waals surface area contributed by atoms with Gasteiger partial charge in [-0.15, -0.1) is 0 Å². The van der Waals surface area contributed by atoms with Crippen molar-refractivity contribution in [3.63, 3.8) is 0 Å². The third kappa shape index (κ3) is 4.76. The molecule has 0 fully saturated rings. The van der Waals surface area contributed by atoms with Gasteiger partial charge in [-0.1, -0.05) is 36.7 Å². The number of halogens is 2. The summed E-state index contributed by atoms with van der Waals surface area (Å²) in [5, 5.41) is 3.59. The van der Waals surface area contributed by atoms with Gasteiger partial charge in [-0.05, 0) is 56.0 Å². The summed E-state index contributed by atoms with van der Waals surface area (Å²) >= 11 is 3.52. The van der Waals surface area contributed by atoms with Gasteiger partial charge in [0.15, 0.2) is 0 Å². The van der Waals surface area contributed by atoms with Crippen molar-refractivity contribution >= 4 is 15.9 Å². The van der Waals surface area contributed by atoms with E-state index in [9.17, 15) is 4.39 Å². The number of benzene rings is 1. The molecule has 0 saturated carbocycles. The molecule has 0 spiro atoms. The van der Waals surface area contributed by atoms with Gasteiger partial charge in [0.2, 0.25) is 0 Å². The van der Waals surface area contributed by atoms with E-state index in [1.807, 2.05) is 0 Å². The van der Waals surface area contributed by atoms with Crippen LogP contribution in [0.25, 0.3) is 0 Å². The summed E-state index contributed by atoms with van der Waals surface area (Å²) in [6, 6.07) is 5.02. The van der Waals surface area contributed by atoms with Crippen molar-refractivity contribution in [3.8, 4) is 0 Å². The molecule has 1 unspecified atom stereocenters. The molecule has 1 N–H and O–H groups in total. The largest absolute Gasteiger partial charge is 0.377 e. The lowest BCUT2D eigenvalue weighted by atomic mass is 9.84. The standard InChI is InChI=1S/C17H27BrFNO/c1-5-10-20-16(17(6-2,7-3)21-4)12-13-11-14(19)8-9-15(13)18/h8-9,11,16,20H,5-7,10,12H2,1-4H3. The van der Waals surface area contributed by atoms with Crippen molar-refractivity contribution < 1.29 is 9.13 Å². The van der Waals surface area contributed by atoms with Crippen LogP contribution in [0.2, 0.25) is 0 Å². The number of rotatable bonds is 9. The Labute approximate surface area is 136 Å². The zero-order valence-electron chi connectivity index (χ0n) is 13.5. The summed E-state index contributed by atoms with van der Waals surface area (Å²) in [6.07, 6.45) is 3.66. The van der Waals surface area contributed by atoms with Crippen molar-refractivity contribution in [1.82, 2.24) is 5.32 Å². The summed E-state index contributed by atoms with van der Waals surface area (Å²) in [6.45, 7) is 7.37. The van der Waals surface area contributed by atoms with Crippen molar-refractivity contribution in [2.75, 3.05) is 13.7 Å². The van der Waals surface area contributed by atoms with E-state index in [0.717, 1.165) is 42.3 Å². The van der Waals surface area contributed by atoms with Gasteiger partial charge in [0.05, 0.1) is 5.60 Å². The first-order chi connectivity index (χ1) is 10.0. The van der Waals surface area contributed by atoms with Gasteiger partial charge >= 0.3 is 0 Å². The Morgan fingerprint density at radius 3 is 2.48 bits per heavy atom. The third-order valence-corrected chi connectivity index (χ3v) is 5.08. The molecule has 1 rings (SSSR count). The highest BCUT2D eigenvalue weighted by atomic mass is 79.9. The predicted molar refractivity (Wildman–Crippen MR) is 90.2 cm³/mol. The highest BCUT2D eigenvalue weighted by Gasteiger charge is 2.35. The fraction of sp³-hybridized carbons (Fsp3) is 0.647. The smallest absolute Gasteiger partial charge is 0.123 e. The van der Waals surface area contributed by atoms with Crippen LogP contribution in [0.3, 0.4) is 0 Å². The van der Waals surface area contributed by atoms with E-state index >= 15 is 0 Å². The molecule has 0 heterocycles. The molecule has 0 bridgehead atoms. The van der Waals surface area contributed by atoms with Gasteiger partial charge in [-0.3, -0.25) is 0 Å². The molecule has 0 radical (unpaired) electrons. The predicted octanol–water partition coefficient (Wildman–Crippen LogP) is 4.70. The van der Waals surface area contributed by atoms with Crippen LogP contribution in [-0.4, -0.2) is 25.3 Å². The number of hydrogen-bond acceptors (Lipinski definition) is 2. The fourth-order valence-corrected chi connectivity index (χ4v) is 3.26. The van der Waals surface area contributed by atoms with Crippen LogP contribution in [0.1, 0.15) is 45.6 Å². The second kappa shape index (κ2) is 8.86. The maximum atomic E-state index is 13.5. The first kappa shape index (κ1) is 18.6. The number of methoxy groups -OCH3 is 1. The van der Waals surface area contributed by atoms with Crippen LogP contribution < -0.4 is 5.32 Å². The number of hydrogen-bond donors (Lipinski definition) is 1. The zero-order valence-corrected chi connectivity index (χ0v) is 15.1. The van der Waals surface area contributed by atoms with E-state index in [1.54, 1.807) is 19.2 Å². The van der Waals surface area contributed by atoms with E-state index < -0.39 is 0 Å². The van der Waals surface area contributed by atoms with E-state index in [4.69, 9.17) is 4.74 Å². The molecule has 1 aromatic carbocycles. The van der Waals surface area contributed by atoms with Crippen molar-refractivity contribution in [1.29, 1.82) is 0 Å². The first-order valence-electron chi connectivity index (χ1n) is 7.75. The summed E-state index contributed by atoms with van der Waals surface area (Å²) in [7, 11) is 1.77. The quantitative estimate of drug-likeness (QED) is 0.689. The molecular weight excluding hydrogens is 333 g/mol. The molecule has 0 aromatic heterocycles. The van der Waals surface area contributed by atoms with Crippen LogP contribution >= 0.6 is 15.9 Å². The lowest BCUT2D eigenvalue weighted by Gasteiger charge is -2.39. The zero-order chi connectivity index (χ0) is 15.9. The van der Waals surface area contributed by atoms with Crippen molar-refractivity contribution in [2.24, 2.45) is 0 Å². The van der Waals surface area contributed by atoms with Crippen molar-refractivity contribution in [3.05, 3.63) is 34.1 Å². The molecule has 1 aromatic rings. The second-order valence-electron chi connectivity index (χ2n) is 5.42. The van der Waals surface area contributed by atoms with Gasteiger partial charge in [0.25, 0.3) is 0 Å². The molecule has 4 heteroatoms. The Kier molecular flexibility index (Phi) is 7.85. The molecule has 0 amide bonds. The minimum absolute atomic E-state index is 0.163. The SMILES string of the molecule is CCCNC(Cc1cc(F)ccc1Br)C(CC)(CC)OC. The molecule has 0 aliphatic carbocycles. The lowest BCUT2D eigenvalue weighted by Crippen LogP contribution is -2.53. The maximum Gasteiger partial charge on any atom is 0.123 e. The molecule has 0 aliphatic heterocycles. The monoisotopic (exact) mass is 359 g/mol. The second-order valence-corrected chi connectivity index (χ2v) is 6.28. The first-order valence-corrected chi connectivity index (χ1v) is 8.54. The lowest BCUT2D eigenvalue weighted by molar-refractivity contribution is -0.0472. The Morgan fingerprint density at radius 2 is 1.95 bits per heavy atom. The van der Waals surface area contributed by atoms with Gasteiger partial charge in [0.1, 0.15) is 5.82 Å². The fourth-order valence-electron chi connectivity index (χ4n) is 2.86. The highest BCUT2D eigenvalue weighted by Crippen LogP contribution is 2.29. The van der Waals surface area contributed by atoms with Crippen LogP contribution in [0.15, 0.2) is 22.7 Å². The van der Waals surface area contributed by atoms with Gasteiger partial charge in [0, 0.05) is 17.6 Å². The van der Waals surface area contributed by atoms with Crippen LogP contribution in [-0.2, 0) is 11.2 Å². The van der Waals surface area contributed by atoms with E-state index in [-0.39, 0.29) is 17.5 Å². The molecule has 21 heavy (non-hydrogen) atoms. The number of ether oxygens (including phenoxy) is 1. The molecule has 2 nitrogen and oxygen atoms in total. The summed E-state index contributed by atoms with van der Waals surface area (Å²) in [5.41, 5.74) is 0.757. The molecule has 0 saturated heterocycles. The summed E-state index contributed by atoms with van der Waals surface area (Å²) in [4.78, 5) is 0. The van der Waals surface area contributed by atoms with Crippen LogP contribution in [0.5, 0.6) is 0 Å².